The summed E-state index contributed by atoms with van der Waals surface area (Å²) < 4.78 is 38.0. The molecule has 18 atom stereocenters. The molecule has 41 heteroatoms. The molecule has 3 saturated heterocycles. The zero-order valence-corrected chi connectivity index (χ0v) is 76.5. The lowest BCUT2D eigenvalue weighted by atomic mass is 9.78. The summed E-state index contributed by atoms with van der Waals surface area (Å²) in [5.74, 6) is -14.4. The number of ether oxygens (including phenoxy) is 7. The summed E-state index contributed by atoms with van der Waals surface area (Å²) in [4.78, 5) is 90.2. The minimum Gasteiger partial charge on any atom is -0.511 e. The average molecular weight is 2010 g/mol. The number of phenols is 12. The highest BCUT2D eigenvalue weighted by Gasteiger charge is 2.53. The van der Waals surface area contributed by atoms with Crippen LogP contribution in [0.4, 0.5) is 0 Å². The van der Waals surface area contributed by atoms with Crippen LogP contribution in [0.1, 0.15) is 143 Å². The van der Waals surface area contributed by atoms with E-state index in [-0.39, 0.29) is 85.6 Å². The topological polar surface area (TPSA) is 705 Å². The molecule has 26 N–H and O–H groups in total. The number of nitrogens with one attached hydrogen (secondary N) is 2. The highest BCUT2D eigenvalue weighted by molar-refractivity contribution is 6.34. The number of allylic oxidation sites excluding steroid dienone is 8. The number of aliphatic hydroxyl groups excluding tert-OH is 11. The van der Waals surface area contributed by atoms with Crippen LogP contribution in [0.5, 0.6) is 69.0 Å². The monoisotopic (exact) mass is 2010 g/mol. The van der Waals surface area contributed by atoms with Gasteiger partial charge in [0.15, 0.2) is 70.8 Å². The number of benzene rings is 9. The number of aliphatic imine (C=N–C) groups is 2. The van der Waals surface area contributed by atoms with E-state index < -0.39 is 231 Å². The van der Waals surface area contributed by atoms with Gasteiger partial charge in [0, 0.05) is 67.7 Å². The van der Waals surface area contributed by atoms with Crippen molar-refractivity contribution in [2.45, 2.75) is 118 Å². The molecule has 9 aromatic carbocycles. The zero-order chi connectivity index (χ0) is 105. The fourth-order valence-corrected chi connectivity index (χ4v) is 18.8. The minimum atomic E-state index is -1.98. The van der Waals surface area contributed by atoms with Gasteiger partial charge in [0.25, 0.3) is 0 Å². The first-order valence-corrected chi connectivity index (χ1v) is 45.2. The molecule has 10 aromatic rings. The van der Waals surface area contributed by atoms with Crippen molar-refractivity contribution in [3.05, 3.63) is 353 Å². The van der Waals surface area contributed by atoms with Crippen LogP contribution in [0.3, 0.4) is 0 Å². The van der Waals surface area contributed by atoms with E-state index in [1.165, 1.54) is 37.3 Å². The van der Waals surface area contributed by atoms with Gasteiger partial charge in [-0.1, -0.05) is 78.9 Å². The maximum absolute atomic E-state index is 13.6. The Kier molecular flexibility index (Phi) is 27.3. The molecule has 21 rings (SSSR count). The number of phenolic OH excluding ortho intramolecular Hbond substituents is 11. The van der Waals surface area contributed by atoms with E-state index in [2.05, 4.69) is 22.5 Å². The van der Waals surface area contributed by atoms with E-state index in [9.17, 15) is 151 Å². The van der Waals surface area contributed by atoms with Gasteiger partial charge < -0.3 is 166 Å². The highest BCUT2D eigenvalue weighted by atomic mass is 16.8. The van der Waals surface area contributed by atoms with Crippen LogP contribution in [0.2, 0.25) is 0 Å². The van der Waals surface area contributed by atoms with Crippen molar-refractivity contribution < 1.29 is 184 Å². The molecule has 0 radical (unpaired) electrons. The molecule has 11 aliphatic rings. The number of carboxylic acid groups (broad SMARTS) is 1. The number of aromatic nitrogens is 1. The number of hydrogen-bond acceptors (Lipinski definition) is 39. The van der Waals surface area contributed by atoms with Crippen molar-refractivity contribution in [1.29, 1.82) is 0 Å². The fraction of sp³-hybridized carbons (Fsp3) is 0.208. The first-order valence-electron chi connectivity index (χ1n) is 45.2. The fourth-order valence-electron chi connectivity index (χ4n) is 18.8. The van der Waals surface area contributed by atoms with E-state index in [0.717, 1.165) is 116 Å². The number of Topliss-reactive ketones (excluding diaryl/α,β-unsaturated/α-hetero) is 1. The molecule has 756 valence electrons. The van der Waals surface area contributed by atoms with E-state index in [4.69, 9.17) is 43.1 Å². The van der Waals surface area contributed by atoms with Crippen molar-refractivity contribution in [2.75, 3.05) is 13.2 Å². The number of fused-ring (bicyclic) bond motifs is 11. The molecule has 41 nitrogen and oxygen atoms in total. The number of aromatic hydroxyl groups is 12. The summed E-state index contributed by atoms with van der Waals surface area (Å²) in [5, 5.41) is 247. The van der Waals surface area contributed by atoms with Crippen molar-refractivity contribution in [3.8, 4) is 69.0 Å². The second-order valence-electron chi connectivity index (χ2n) is 35.4. The van der Waals surface area contributed by atoms with E-state index in [0.29, 0.717) is 0 Å². The summed E-state index contributed by atoms with van der Waals surface area (Å²) in [7, 11) is 0. The molecule has 9 heterocycles. The Hall–Kier alpha value is -16.9. The summed E-state index contributed by atoms with van der Waals surface area (Å²) in [6.07, 6.45) is -10.2. The molecule has 3 fully saturated rings. The van der Waals surface area contributed by atoms with Gasteiger partial charge in [-0.2, -0.15) is 0 Å². The smallest absolute Gasteiger partial charge is 0.339 e. The van der Waals surface area contributed by atoms with E-state index >= 15 is 0 Å². The van der Waals surface area contributed by atoms with Gasteiger partial charge in [0.05, 0.1) is 81.9 Å². The van der Waals surface area contributed by atoms with Gasteiger partial charge in [-0.25, -0.2) is 9.79 Å². The molecule has 0 spiro atoms. The van der Waals surface area contributed by atoms with Crippen LogP contribution in [0, 0.1) is 12.8 Å². The number of aromatic carboxylic acids is 1. The molecule has 0 saturated carbocycles. The third kappa shape index (κ3) is 18.6. The lowest BCUT2D eigenvalue weighted by Gasteiger charge is -2.43. The molecule has 1 aromatic heterocycles. The Morgan fingerprint density at radius 1 is 0.469 bits per heavy atom. The Bertz CT molecular complexity index is 7390. The van der Waals surface area contributed by atoms with Crippen molar-refractivity contribution in [2.24, 2.45) is 15.9 Å². The minimum absolute atomic E-state index is 0.00287. The lowest BCUT2D eigenvalue weighted by Crippen LogP contribution is -2.61. The number of hydrogen-bond donors (Lipinski definition) is 26. The maximum atomic E-state index is 13.6. The SMILES string of the molecule is CC1OC(OCC2OC(OC3=C(c4ccc(O)c(O)c4)OC4C=C(O)C=C(O)C4C3=O)C(O)C(O)C2O)C(O)C(O)C1O.Cc1c(C(=O)O)c(O)cc2c1C(=O)c1c(O)c(C3OC(CO)OC(O)C3O)c(O)c(O)c1C2=O.O=C1c2ccccc2C(=O)c2c(O)ccc(O)c21.Oc1ccc(/C2=C3\C=CC(N3)C(c3ccc(O)cc3)C3=N/C(=C(/c4ccc(O)cc4)c4ccc([nH]4)/C(c4ccc(O)cc4)=C4/C=CC2=N4)C=C3)cc1. The number of aromatic amines is 1. The summed E-state index contributed by atoms with van der Waals surface area (Å²) in [5.41, 5.74) is 7.67. The first-order chi connectivity index (χ1) is 70.2. The lowest BCUT2D eigenvalue weighted by molar-refractivity contribution is -0.342. The number of H-pyrrole nitrogens is 1. The van der Waals surface area contributed by atoms with Crippen LogP contribution in [0.15, 0.2) is 263 Å². The third-order valence-electron chi connectivity index (χ3n) is 26.2. The van der Waals surface area contributed by atoms with Gasteiger partial charge >= 0.3 is 5.97 Å². The van der Waals surface area contributed by atoms with Crippen molar-refractivity contribution >= 4 is 68.8 Å². The van der Waals surface area contributed by atoms with Gasteiger partial charge in [0.2, 0.25) is 17.8 Å². The number of carbonyl (C=O) groups excluding carboxylic acids is 5. The van der Waals surface area contributed by atoms with Crippen LogP contribution < -0.4 is 5.32 Å². The summed E-state index contributed by atoms with van der Waals surface area (Å²) >= 11 is 0. The number of nitrogens with zero attached hydrogens (tertiary/aromatic N) is 2. The Labute approximate surface area is 829 Å². The van der Waals surface area contributed by atoms with Crippen LogP contribution >= 0.6 is 0 Å². The third-order valence-corrected chi connectivity index (χ3v) is 26.2. The second kappa shape index (κ2) is 40.0. The predicted octanol–water partition coefficient (Wildman–Crippen LogP) is 7.28. The normalized spacial score (nSPS) is 27.0. The molecule has 8 aliphatic heterocycles. The molecular weight excluding hydrogens is 1920 g/mol. The zero-order valence-electron chi connectivity index (χ0n) is 76.5. The molecule has 8 bridgehead atoms. The quantitative estimate of drug-likeness (QED) is 0.0398. The molecular formula is C106H90N4O37. The van der Waals surface area contributed by atoms with Crippen LogP contribution in [0.25, 0.3) is 22.5 Å². The van der Waals surface area contributed by atoms with Crippen molar-refractivity contribution in [3.63, 3.8) is 0 Å². The molecule has 18 unspecified atom stereocenters. The second-order valence-corrected chi connectivity index (χ2v) is 35.4. The van der Waals surface area contributed by atoms with Gasteiger partial charge in [-0.3, -0.25) is 29.0 Å². The number of carboxylic acids is 1. The Morgan fingerprint density at radius 3 is 1.59 bits per heavy atom. The number of ketones is 5. The van der Waals surface area contributed by atoms with Crippen LogP contribution in [-0.2, 0) is 38.0 Å². The van der Waals surface area contributed by atoms with Gasteiger partial charge in [-0.15, -0.1) is 0 Å². The number of carbonyl (C=O) groups is 6. The number of rotatable bonds is 13. The molecule has 3 aliphatic carbocycles. The Morgan fingerprint density at radius 2 is 1.01 bits per heavy atom. The molecule has 0 amide bonds. The average Bonchev–Trinajstić information content (AvgIpc) is 1.24. The van der Waals surface area contributed by atoms with Gasteiger partial charge in [0.1, 0.15) is 130 Å². The first kappa shape index (κ1) is 100. The van der Waals surface area contributed by atoms with E-state index in [1.54, 1.807) is 60.7 Å². The van der Waals surface area contributed by atoms with E-state index in [1.807, 2.05) is 85.0 Å². The maximum Gasteiger partial charge on any atom is 0.339 e. The summed E-state index contributed by atoms with van der Waals surface area (Å²) in [6.45, 7) is 1.17. The van der Waals surface area contributed by atoms with Crippen molar-refractivity contribution in [1.82, 2.24) is 10.3 Å². The number of aliphatic hydroxyl groups is 11. The van der Waals surface area contributed by atoms with Gasteiger partial charge in [-0.05, 0) is 175 Å². The molecule has 147 heavy (non-hydrogen) atoms. The Balaban J connectivity index is 0.000000135. The largest absolute Gasteiger partial charge is 0.511 e. The highest BCUT2D eigenvalue weighted by Crippen LogP contribution is 2.54. The predicted molar refractivity (Wildman–Crippen MR) is 511 cm³/mol. The van der Waals surface area contributed by atoms with Crippen LogP contribution in [-0.4, -0.2) is 279 Å². The summed E-state index contributed by atoms with van der Waals surface area (Å²) in [6, 6.07) is 45.3. The standard InChI is InChI=1S/C44H32N4O4.C27H32O16.C21H18O13.C14H8O4/c49-29-9-1-25(2-10-29)41-33-17-19-35(45-33)42(26-3-11-30(50)12-4-26)37-21-23-39(47-37)44(28-7-15-32(52)16-8-28)40-24-22-38(48-40)43(36-20-18-34(41)46-36)27-5-13-31(51)14-6-27;1-8-17(32)20(35)22(37)26(40-8)39-7-15-18(33)21(36)23(38)27(42-15)43-25-19(34)16-13(31)5-10(28)6-14(16)41-24(25)9-2-3-11(29)12(30)4-9;1-4-8-5(2-6(23)9(4)20(30)31)13(24)10-11(14(8)25)15(26)12(17(28)16(10)27)19-18(29)21(32)34-7(3-22)33-19;15-9-5-6-10(16)12-11(9)13(17)7-3-1-2-4-8(7)14(12)18/h1-24,33,41,45,48-52H;2-6,8,14-18,20-23,26-33,35-38H,7H2,1H3;2,7,18-19,21-23,26-29,32H,3H2,1H3,(H,30,31);1-6,15-16H/b42-35-,43-36-,44-39-;;;.